The molecule has 1 aliphatic heterocycles. The second-order valence-corrected chi connectivity index (χ2v) is 49.0. The maximum Gasteiger partial charge on any atom is 0.307 e. The Morgan fingerprint density at radius 3 is 1.07 bits per heavy atom. The molecule has 16 aliphatic carbocycles. The number of amides is 1. The minimum atomic E-state index is -0.559. The van der Waals surface area contributed by atoms with Gasteiger partial charge in [-0.3, -0.25) is 19.2 Å². The van der Waals surface area contributed by atoms with Crippen molar-refractivity contribution in [2.24, 2.45) is 169 Å². The number of carboxylic acid groups (broad SMARTS) is 1. The van der Waals surface area contributed by atoms with Gasteiger partial charge in [0.1, 0.15) is 11.6 Å². The molecule has 0 unspecified atom stereocenters. The molecule has 1 amide bonds. The Kier molecular flexibility index (Phi) is 37.5. The topological polar surface area (TPSA) is 268 Å². The molecule has 35 atom stereocenters. The van der Waals surface area contributed by atoms with Crippen molar-refractivity contribution in [2.45, 2.75) is 404 Å². The van der Waals surface area contributed by atoms with E-state index in [1.165, 1.54) is 167 Å². The van der Waals surface area contributed by atoms with Gasteiger partial charge in [0.15, 0.2) is 0 Å². The lowest BCUT2D eigenvalue weighted by molar-refractivity contribution is -0.150. The predicted octanol–water partition coefficient (Wildman–Crippen LogP) is 27.4. The number of rotatable bonds is 11. The number of ether oxygens (including phenoxy) is 2. The van der Waals surface area contributed by atoms with Gasteiger partial charge in [-0.05, 0) is 491 Å². The highest BCUT2D eigenvalue weighted by molar-refractivity contribution is 5.85. The van der Waals surface area contributed by atoms with Gasteiger partial charge in [0.2, 0.25) is 5.91 Å². The summed E-state index contributed by atoms with van der Waals surface area (Å²) in [4.78, 5) is 53.3. The number of methoxy groups -OCH3 is 1. The predicted molar refractivity (Wildman–Crippen MR) is 548 cm³/mol. The first-order chi connectivity index (χ1) is 61.8. The first kappa shape index (κ1) is 111. The number of benzene rings is 3. The Morgan fingerprint density at radius 2 is 0.726 bits per heavy atom. The second-order valence-electron chi connectivity index (χ2n) is 49.0. The van der Waals surface area contributed by atoms with E-state index in [1.54, 1.807) is 12.1 Å². The van der Waals surface area contributed by atoms with Crippen LogP contribution in [0.4, 0.5) is 0 Å². The van der Waals surface area contributed by atoms with Crippen LogP contribution in [0.15, 0.2) is 72.8 Å². The molecule has 6 N–H and O–H groups in total. The molecule has 15 nitrogen and oxygen atoms in total. The van der Waals surface area contributed by atoms with Crippen LogP contribution in [0.25, 0.3) is 0 Å². The Morgan fingerprint density at radius 1 is 0.415 bits per heavy atom. The van der Waals surface area contributed by atoms with Gasteiger partial charge < -0.3 is 40.5 Å². The van der Waals surface area contributed by atoms with Gasteiger partial charge in [-0.15, -0.1) is 12.4 Å². The Bertz CT molecular complexity index is 4430. The molecule has 0 radical (unpaired) electrons. The third-order valence-electron chi connectivity index (χ3n) is 41.9. The van der Waals surface area contributed by atoms with E-state index in [1.807, 2.05) is 114 Å². The van der Waals surface area contributed by atoms with Gasteiger partial charge in [0, 0.05) is 57.6 Å². The monoisotopic (exact) mass is 1880 g/mol. The van der Waals surface area contributed by atoms with Crippen molar-refractivity contribution in [3.05, 3.63) is 106 Å². The Hall–Kier alpha value is -5.54. The molecule has 754 valence electrons. The van der Waals surface area contributed by atoms with Gasteiger partial charge in [-0.25, -0.2) is 0 Å². The zero-order valence-corrected chi connectivity index (χ0v) is 83.8. The van der Waals surface area contributed by atoms with Gasteiger partial charge in [-0.2, -0.15) is 15.8 Å². The molecule has 1 heterocycles. The zero-order valence-electron chi connectivity index (χ0n) is 83.0. The fourth-order valence-corrected chi connectivity index (χ4v) is 34.8. The summed E-state index contributed by atoms with van der Waals surface area (Å²) >= 11 is 0. The van der Waals surface area contributed by atoms with Crippen LogP contribution in [0.3, 0.4) is 0 Å². The first-order valence-corrected chi connectivity index (χ1v) is 52.9. The Labute approximate surface area is 825 Å². The van der Waals surface area contributed by atoms with Crippen LogP contribution in [-0.4, -0.2) is 98.5 Å². The summed E-state index contributed by atoms with van der Waals surface area (Å²) in [6.07, 6.45) is 46.0. The smallest absolute Gasteiger partial charge is 0.307 e. The standard InChI is InChI=1S/C31H44N2O2.C30H41NO2.C21H34O2.C20H32O3.C9H10N2.C4H8O.4CH4.ClH/c1-20(22-8-6-21(19-32)7-9-22)33(4)29(34)28-13-12-27-26-11-10-23-18-30(2,35-5)16-14-24(23)25(26)15-17-31(27,28)3;1-19(21-6-4-20(18-31)5-7-21)16-28(32)27-11-10-26-25-9-8-22-17-29(2,33)14-12-23(22)24(25)13-15-30(26,27)3;1-13(22)18-6-7-19-17-5-4-14-12-20(2,23)10-8-15(14)16(17)9-11-21(18,19)3;1-19(23)9-7-13-12(11-19)3-4-15-14(13)8-10-20(2)16(15)5-6-17(20)18(21)22;1-7(11)9-4-2-8(6-10)3-5-9;1-2-4-5-3-1;;;;;/h6-9,20,23-28H,10-18H2,1-5H3;4-7,19,22-27,33H,8-17H2,1-3H3;14-19,23H,4-12H2,1-3H3;12-17,23H,3-11H2,1-2H3,(H,21,22);2-5,7H,11H2,1H3;1-4H2;4*1H4;1H/t20-,23+,24-,25+,26+,27-,28+,30+,31-;19-,22-,23+,24-,25-,26+,27-,29-,30+;14-,15+,16-,17-,18-,19+,20-,21-;12-,13+,14-,15-,16+,17-,19-,20+;7-;;;;;;/m01110....../s1. The number of aliphatic carboxylic acids is 1. The number of halogens is 1. The van der Waals surface area contributed by atoms with Gasteiger partial charge in [0.05, 0.1) is 69.3 Å². The van der Waals surface area contributed by atoms with Crippen molar-refractivity contribution in [3.63, 3.8) is 0 Å². The fourth-order valence-electron chi connectivity index (χ4n) is 34.8. The van der Waals surface area contributed by atoms with Crippen molar-refractivity contribution in [3.8, 4) is 18.2 Å². The summed E-state index contributed by atoms with van der Waals surface area (Å²) in [5, 5.41) is 67.8. The Balaban J connectivity index is 0.000000176. The number of hydrogen-bond donors (Lipinski definition) is 5. The third kappa shape index (κ3) is 23.1. The number of Topliss-reactive ketones (excluding diaryl/α,β-unsaturated/α-hetero) is 2. The highest BCUT2D eigenvalue weighted by atomic mass is 35.5. The zero-order chi connectivity index (χ0) is 93.0. The van der Waals surface area contributed by atoms with E-state index in [0.717, 1.165) is 196 Å². The molecular weight excluding hydrogens is 1690 g/mol. The lowest BCUT2D eigenvalue weighted by Crippen LogP contribution is -2.52. The number of ketones is 2. The molecule has 17 aliphatic rings. The number of carboxylic acids is 1. The summed E-state index contributed by atoms with van der Waals surface area (Å²) in [5.41, 5.74) is 10.4. The maximum atomic E-state index is 13.9. The largest absolute Gasteiger partial charge is 0.481 e. The fraction of sp³-hybridized carbons (Fsp3) is 0.790. The van der Waals surface area contributed by atoms with Crippen LogP contribution < -0.4 is 5.73 Å². The summed E-state index contributed by atoms with van der Waals surface area (Å²) in [6.45, 7) is 28.0. The molecule has 0 spiro atoms. The molecule has 3 aromatic carbocycles. The van der Waals surface area contributed by atoms with E-state index >= 15 is 0 Å². The number of nitrogens with zero attached hydrogens (tertiary/aromatic N) is 4. The number of fused-ring (bicyclic) bond motifs is 20. The third-order valence-corrected chi connectivity index (χ3v) is 41.9. The van der Waals surface area contributed by atoms with E-state index in [9.17, 15) is 39.6 Å². The van der Waals surface area contributed by atoms with Gasteiger partial charge >= 0.3 is 5.97 Å². The lowest BCUT2D eigenvalue weighted by atomic mass is 9.49. The molecule has 1 saturated heterocycles. The van der Waals surface area contributed by atoms with Crippen LogP contribution in [0.1, 0.15) is 415 Å². The van der Waals surface area contributed by atoms with Crippen LogP contribution in [0.5, 0.6) is 0 Å². The average molecular weight is 1880 g/mol. The highest BCUT2D eigenvalue weighted by Gasteiger charge is 2.65. The quantitative estimate of drug-likeness (QED) is 0.120. The van der Waals surface area contributed by atoms with Gasteiger partial charge in [-0.1, -0.05) is 101 Å². The first-order valence-electron chi connectivity index (χ1n) is 52.9. The van der Waals surface area contributed by atoms with Crippen LogP contribution in [0, 0.1) is 198 Å². The molecule has 16 saturated carbocycles. The average Bonchev–Trinajstić information content (AvgIpc) is 1.63. The maximum absolute atomic E-state index is 13.9. The summed E-state index contributed by atoms with van der Waals surface area (Å²) < 4.78 is 10.9. The molecule has 17 fully saturated rings. The number of aliphatic hydroxyl groups is 3. The molecule has 16 heteroatoms. The number of nitriles is 3. The normalized spacial score (nSPS) is 42.0. The van der Waals surface area contributed by atoms with E-state index < -0.39 is 22.8 Å². The molecule has 20 rings (SSSR count). The highest BCUT2D eigenvalue weighted by Crippen LogP contribution is 2.70. The SMILES string of the molecule is C.C.C.C.C1CCOC1.CC(=O)[C@H]1CC[C@H]2[C@@H]3CC[C@@H]4C[C@](C)(O)CC[C@@H]4[C@H]3CC[C@]12C.CO[C@]1(C)CC[C@H]2[C@H](CC[C@@H]3[C@@H]2CC[C@]2(C)[C@@H](C(=O)N(C)[C@@H](C)c4ccc(C#N)cc4)CC[C@@H]32)C1.C[C@@]1(O)CC[C@H]2[C@H](CC[C@@H]3[C@@H]2CC[C@]2(C)[C@@H](C(=O)O)CC[C@@H]32)C1.C[C@H](CC(=O)[C@H]1CC[C@H]2[C@@H]3CC[C@@H]4C[C@](C)(O)CC[C@@H]4[C@H]3CC[C@]12C)c1ccc(C#N)cc1.C[C@H](N)c1ccc(C#N)cc1.Cl. The van der Waals surface area contributed by atoms with Crippen molar-refractivity contribution < 1.29 is 49.1 Å². The van der Waals surface area contributed by atoms with E-state index in [0.29, 0.717) is 81.5 Å². The number of hydrogen-bond acceptors (Lipinski definition) is 13. The summed E-state index contributed by atoms with van der Waals surface area (Å²) in [6, 6.07) is 29.3. The lowest BCUT2D eigenvalue weighted by Gasteiger charge is -2.57. The molecule has 3 aromatic rings. The molecule has 135 heavy (non-hydrogen) atoms. The van der Waals surface area contributed by atoms with Crippen molar-refractivity contribution in [1.82, 2.24) is 4.90 Å². The summed E-state index contributed by atoms with van der Waals surface area (Å²) in [7, 11) is 3.88. The molecular formula is C119H186ClN5O10. The molecule has 0 aromatic heterocycles. The minimum absolute atomic E-state index is 0. The van der Waals surface area contributed by atoms with Gasteiger partial charge in [0.25, 0.3) is 0 Å². The number of carbonyl (C=O) groups is 4. The number of nitrogens with two attached hydrogens (primary N) is 1. The van der Waals surface area contributed by atoms with Crippen LogP contribution in [0.2, 0.25) is 0 Å². The second kappa shape index (κ2) is 45.4. The van der Waals surface area contributed by atoms with Crippen LogP contribution in [-0.2, 0) is 28.7 Å². The molecule has 0 bridgehead atoms. The van der Waals surface area contributed by atoms with Crippen LogP contribution >= 0.6 is 12.4 Å². The van der Waals surface area contributed by atoms with E-state index in [2.05, 4.69) is 66.7 Å². The van der Waals surface area contributed by atoms with E-state index in [4.69, 9.17) is 31.0 Å². The van der Waals surface area contributed by atoms with Crippen molar-refractivity contribution in [1.29, 1.82) is 15.8 Å². The van der Waals surface area contributed by atoms with E-state index in [-0.39, 0.29) is 99.7 Å². The van der Waals surface area contributed by atoms with Crippen molar-refractivity contribution >= 4 is 35.9 Å². The minimum Gasteiger partial charge on any atom is -0.481 e. The van der Waals surface area contributed by atoms with Crippen molar-refractivity contribution in [2.75, 3.05) is 27.4 Å². The summed E-state index contributed by atoms with van der Waals surface area (Å²) in [5.74, 6) is 17.2. The number of carbonyl (C=O) groups excluding carboxylic acids is 3.